The second kappa shape index (κ2) is 6.20. The average Bonchev–Trinajstić information content (AvgIpc) is 3.08. The van der Waals surface area contributed by atoms with Gasteiger partial charge in [-0.25, -0.2) is 4.68 Å². The summed E-state index contributed by atoms with van der Waals surface area (Å²) in [5, 5.41) is 9.45. The van der Waals surface area contributed by atoms with Gasteiger partial charge >= 0.3 is 0 Å². The number of pyridine rings is 1. The first kappa shape index (κ1) is 15.1. The second-order valence-corrected chi connectivity index (χ2v) is 5.75. The standard InChI is InChI=1S/C20H16N4O/c1-14-11-13-24(23-14)18-10-5-7-15-6-4-9-16(19(15)18)22-20(25)17-8-2-3-12-21-17/h2-13H,1H3,(H,22,25). The van der Waals surface area contributed by atoms with E-state index in [1.165, 1.54) is 0 Å². The van der Waals surface area contributed by atoms with E-state index >= 15 is 0 Å². The summed E-state index contributed by atoms with van der Waals surface area (Å²) in [5.74, 6) is -0.237. The molecule has 0 radical (unpaired) electrons. The van der Waals surface area contributed by atoms with E-state index in [9.17, 15) is 4.79 Å². The highest BCUT2D eigenvalue weighted by atomic mass is 16.1. The van der Waals surface area contributed by atoms with Gasteiger partial charge in [0.2, 0.25) is 0 Å². The number of nitrogens with one attached hydrogen (secondary N) is 1. The normalized spacial score (nSPS) is 10.8. The van der Waals surface area contributed by atoms with Gasteiger partial charge in [-0.15, -0.1) is 0 Å². The third kappa shape index (κ3) is 2.87. The summed E-state index contributed by atoms with van der Waals surface area (Å²) in [6, 6.07) is 19.1. The number of rotatable bonds is 3. The molecule has 5 heteroatoms. The number of aryl methyl sites for hydroxylation is 1. The highest BCUT2D eigenvalue weighted by Gasteiger charge is 2.12. The van der Waals surface area contributed by atoms with Crippen LogP contribution >= 0.6 is 0 Å². The summed E-state index contributed by atoms with van der Waals surface area (Å²) >= 11 is 0. The van der Waals surface area contributed by atoms with Crippen molar-refractivity contribution < 1.29 is 4.79 Å². The molecule has 1 amide bonds. The first-order chi connectivity index (χ1) is 12.2. The third-order valence-corrected chi connectivity index (χ3v) is 4.00. The van der Waals surface area contributed by atoms with Crippen LogP contribution < -0.4 is 5.32 Å². The summed E-state index contributed by atoms with van der Waals surface area (Å²) in [6.07, 6.45) is 3.53. The fourth-order valence-electron chi connectivity index (χ4n) is 2.85. The van der Waals surface area contributed by atoms with Crippen molar-refractivity contribution in [3.05, 3.63) is 84.4 Å². The number of fused-ring (bicyclic) bond motifs is 1. The van der Waals surface area contributed by atoms with Crippen molar-refractivity contribution in [1.82, 2.24) is 14.8 Å². The highest BCUT2D eigenvalue weighted by molar-refractivity contribution is 6.10. The average molecular weight is 328 g/mol. The minimum atomic E-state index is -0.237. The van der Waals surface area contributed by atoms with Crippen molar-refractivity contribution in [2.45, 2.75) is 6.92 Å². The first-order valence-corrected chi connectivity index (χ1v) is 7.99. The van der Waals surface area contributed by atoms with E-state index in [1.807, 2.05) is 60.3 Å². The number of anilines is 1. The molecule has 0 saturated carbocycles. The molecular weight excluding hydrogens is 312 g/mol. The predicted octanol–water partition coefficient (Wildman–Crippen LogP) is 3.98. The molecular formula is C20H16N4O. The van der Waals surface area contributed by atoms with Crippen LogP contribution in [0.2, 0.25) is 0 Å². The van der Waals surface area contributed by atoms with Crippen LogP contribution in [0.15, 0.2) is 73.1 Å². The minimum absolute atomic E-state index is 0.237. The monoisotopic (exact) mass is 328 g/mol. The van der Waals surface area contributed by atoms with E-state index < -0.39 is 0 Å². The number of hydrogen-bond acceptors (Lipinski definition) is 3. The summed E-state index contributed by atoms with van der Waals surface area (Å²) < 4.78 is 1.83. The maximum Gasteiger partial charge on any atom is 0.274 e. The van der Waals surface area contributed by atoms with Crippen LogP contribution in [0.5, 0.6) is 0 Å². The Bertz CT molecular complexity index is 1050. The van der Waals surface area contributed by atoms with E-state index in [2.05, 4.69) is 15.4 Å². The molecule has 0 aliphatic carbocycles. The highest BCUT2D eigenvalue weighted by Crippen LogP contribution is 2.29. The quantitative estimate of drug-likeness (QED) is 0.619. The lowest BCUT2D eigenvalue weighted by atomic mass is 10.1. The Morgan fingerprint density at radius 1 is 1.00 bits per heavy atom. The Balaban J connectivity index is 1.83. The van der Waals surface area contributed by atoms with Crippen LogP contribution in [0.3, 0.4) is 0 Å². The van der Waals surface area contributed by atoms with Crippen molar-refractivity contribution in [3.8, 4) is 5.69 Å². The van der Waals surface area contributed by atoms with E-state index in [4.69, 9.17) is 0 Å². The van der Waals surface area contributed by atoms with Gasteiger partial charge in [-0.3, -0.25) is 9.78 Å². The van der Waals surface area contributed by atoms with Gasteiger partial charge in [0.1, 0.15) is 5.69 Å². The lowest BCUT2D eigenvalue weighted by molar-refractivity contribution is 0.102. The van der Waals surface area contributed by atoms with Crippen molar-refractivity contribution in [3.63, 3.8) is 0 Å². The van der Waals surface area contributed by atoms with Crippen molar-refractivity contribution in [1.29, 1.82) is 0 Å². The first-order valence-electron chi connectivity index (χ1n) is 7.99. The smallest absolute Gasteiger partial charge is 0.274 e. The fourth-order valence-corrected chi connectivity index (χ4v) is 2.85. The Labute approximate surface area is 144 Å². The van der Waals surface area contributed by atoms with E-state index in [0.29, 0.717) is 5.69 Å². The summed E-state index contributed by atoms with van der Waals surface area (Å²) in [5.41, 5.74) is 2.97. The third-order valence-electron chi connectivity index (χ3n) is 4.00. The van der Waals surface area contributed by atoms with E-state index in [-0.39, 0.29) is 5.91 Å². The molecule has 0 spiro atoms. The van der Waals surface area contributed by atoms with E-state index in [1.54, 1.807) is 24.4 Å². The summed E-state index contributed by atoms with van der Waals surface area (Å²) in [6.45, 7) is 1.95. The molecule has 5 nitrogen and oxygen atoms in total. The predicted molar refractivity (Wildman–Crippen MR) is 98.0 cm³/mol. The van der Waals surface area contributed by atoms with Crippen LogP contribution in [-0.4, -0.2) is 20.7 Å². The molecule has 0 unspecified atom stereocenters. The van der Waals surface area contributed by atoms with Gasteiger partial charge < -0.3 is 5.32 Å². The van der Waals surface area contributed by atoms with Gasteiger partial charge in [0.15, 0.2) is 0 Å². The second-order valence-electron chi connectivity index (χ2n) is 5.75. The number of hydrogen-bond donors (Lipinski definition) is 1. The van der Waals surface area contributed by atoms with Gasteiger partial charge in [0.25, 0.3) is 5.91 Å². The zero-order valence-electron chi connectivity index (χ0n) is 13.7. The van der Waals surface area contributed by atoms with Crippen LogP contribution in [0.4, 0.5) is 5.69 Å². The molecule has 122 valence electrons. The molecule has 0 bridgehead atoms. The van der Waals surface area contributed by atoms with Gasteiger partial charge in [-0.05, 0) is 42.6 Å². The van der Waals surface area contributed by atoms with Gasteiger partial charge in [0.05, 0.1) is 17.1 Å². The number of amides is 1. The molecule has 2 aromatic carbocycles. The van der Waals surface area contributed by atoms with Crippen LogP contribution in [-0.2, 0) is 0 Å². The fraction of sp³-hybridized carbons (Fsp3) is 0.0500. The lowest BCUT2D eigenvalue weighted by Gasteiger charge is -2.13. The van der Waals surface area contributed by atoms with Crippen molar-refractivity contribution >= 4 is 22.4 Å². The number of carbonyl (C=O) groups is 1. The zero-order chi connectivity index (χ0) is 17.2. The Kier molecular flexibility index (Phi) is 3.74. The summed E-state index contributed by atoms with van der Waals surface area (Å²) in [4.78, 5) is 16.6. The number of carbonyl (C=O) groups excluding carboxylic acids is 1. The SMILES string of the molecule is Cc1ccn(-c2cccc3cccc(NC(=O)c4ccccn4)c23)n1. The van der Waals surface area contributed by atoms with Gasteiger partial charge in [-0.1, -0.05) is 30.3 Å². The number of nitrogens with zero attached hydrogens (tertiary/aromatic N) is 3. The summed E-state index contributed by atoms with van der Waals surface area (Å²) in [7, 11) is 0. The molecule has 0 saturated heterocycles. The number of aromatic nitrogens is 3. The molecule has 25 heavy (non-hydrogen) atoms. The van der Waals surface area contributed by atoms with Gasteiger partial charge in [0, 0.05) is 17.8 Å². The molecule has 4 aromatic rings. The van der Waals surface area contributed by atoms with Crippen LogP contribution in [0, 0.1) is 6.92 Å². The molecule has 0 aliphatic rings. The molecule has 0 atom stereocenters. The number of benzene rings is 2. The molecule has 4 rings (SSSR count). The van der Waals surface area contributed by atoms with E-state index in [0.717, 1.165) is 27.8 Å². The maximum atomic E-state index is 12.5. The Hall–Kier alpha value is -3.47. The van der Waals surface area contributed by atoms with Crippen LogP contribution in [0.25, 0.3) is 16.5 Å². The topological polar surface area (TPSA) is 59.8 Å². The van der Waals surface area contributed by atoms with Crippen molar-refractivity contribution in [2.24, 2.45) is 0 Å². The van der Waals surface area contributed by atoms with Gasteiger partial charge in [-0.2, -0.15) is 5.10 Å². The minimum Gasteiger partial charge on any atom is -0.320 e. The van der Waals surface area contributed by atoms with Crippen LogP contribution in [0.1, 0.15) is 16.2 Å². The molecule has 0 fully saturated rings. The Morgan fingerprint density at radius 2 is 1.84 bits per heavy atom. The maximum absolute atomic E-state index is 12.5. The zero-order valence-corrected chi connectivity index (χ0v) is 13.7. The largest absolute Gasteiger partial charge is 0.320 e. The molecule has 2 aromatic heterocycles. The lowest BCUT2D eigenvalue weighted by Crippen LogP contribution is -2.14. The molecule has 1 N–H and O–H groups in total. The van der Waals surface area contributed by atoms with Crippen molar-refractivity contribution in [2.75, 3.05) is 5.32 Å². The molecule has 2 heterocycles. The Morgan fingerprint density at radius 3 is 2.56 bits per heavy atom. The molecule has 0 aliphatic heterocycles.